The molecule has 2 heterocycles. The summed E-state index contributed by atoms with van der Waals surface area (Å²) >= 11 is 0. The van der Waals surface area contributed by atoms with Gasteiger partial charge < -0.3 is 14.8 Å². The normalized spacial score (nSPS) is 20.3. The van der Waals surface area contributed by atoms with Gasteiger partial charge in [-0.05, 0) is 49.4 Å². The highest BCUT2D eigenvalue weighted by molar-refractivity contribution is 7.89. The van der Waals surface area contributed by atoms with Gasteiger partial charge in [-0.25, -0.2) is 13.1 Å². The molecule has 0 saturated carbocycles. The summed E-state index contributed by atoms with van der Waals surface area (Å²) in [6, 6.07) is 4.79. The van der Waals surface area contributed by atoms with Crippen molar-refractivity contribution in [2.75, 3.05) is 31.7 Å². The molecule has 1 fully saturated rings. The van der Waals surface area contributed by atoms with E-state index in [0.717, 1.165) is 25.0 Å². The number of nitrogens with one attached hydrogen (secondary N) is 2. The predicted octanol–water partition coefficient (Wildman–Crippen LogP) is 1.44. The van der Waals surface area contributed by atoms with E-state index in [-0.39, 0.29) is 16.9 Å². The molecule has 1 amide bonds. The SMILES string of the molecule is O=C1CCc2cc(S(=O)(=O)NCCCOCC3CCCO3)ccc2N1. The average Bonchev–Trinajstić information content (AvgIpc) is 3.10. The van der Waals surface area contributed by atoms with Crippen LogP contribution in [0.3, 0.4) is 0 Å². The van der Waals surface area contributed by atoms with E-state index >= 15 is 0 Å². The summed E-state index contributed by atoms with van der Waals surface area (Å²) in [4.78, 5) is 11.6. The van der Waals surface area contributed by atoms with E-state index in [1.165, 1.54) is 6.07 Å². The van der Waals surface area contributed by atoms with E-state index in [2.05, 4.69) is 10.0 Å². The number of rotatable bonds is 8. The molecular weight excluding hydrogens is 344 g/mol. The summed E-state index contributed by atoms with van der Waals surface area (Å²) in [5.41, 5.74) is 1.54. The van der Waals surface area contributed by atoms with Crippen molar-refractivity contribution in [3.8, 4) is 0 Å². The Bertz CT molecular complexity index is 714. The van der Waals surface area contributed by atoms with Gasteiger partial charge in [0.2, 0.25) is 15.9 Å². The summed E-state index contributed by atoms with van der Waals surface area (Å²) in [5.74, 6) is -0.0377. The Morgan fingerprint density at radius 2 is 2.20 bits per heavy atom. The topological polar surface area (TPSA) is 93.7 Å². The van der Waals surface area contributed by atoms with Gasteiger partial charge in [-0.3, -0.25) is 4.79 Å². The second kappa shape index (κ2) is 8.27. The van der Waals surface area contributed by atoms with Gasteiger partial charge in [0, 0.05) is 31.9 Å². The number of anilines is 1. The molecule has 25 heavy (non-hydrogen) atoms. The monoisotopic (exact) mass is 368 g/mol. The minimum absolute atomic E-state index is 0.0377. The number of hydrogen-bond donors (Lipinski definition) is 2. The largest absolute Gasteiger partial charge is 0.379 e. The molecule has 0 bridgehead atoms. The predicted molar refractivity (Wildman–Crippen MR) is 93.0 cm³/mol. The lowest BCUT2D eigenvalue weighted by Gasteiger charge is -2.17. The highest BCUT2D eigenvalue weighted by Gasteiger charge is 2.19. The maximum Gasteiger partial charge on any atom is 0.240 e. The molecule has 2 aliphatic heterocycles. The van der Waals surface area contributed by atoms with E-state index in [9.17, 15) is 13.2 Å². The number of carbonyl (C=O) groups excluding carboxylic acids is 1. The Balaban J connectivity index is 1.44. The molecule has 3 rings (SSSR count). The standard InChI is InChI=1S/C17H24N2O5S/c20-17-7-4-13-11-15(5-6-16(13)19-17)25(21,22)18-8-2-9-23-12-14-3-1-10-24-14/h5-6,11,14,18H,1-4,7-10,12H2,(H,19,20). The fourth-order valence-electron chi connectivity index (χ4n) is 2.98. The van der Waals surface area contributed by atoms with E-state index in [4.69, 9.17) is 9.47 Å². The maximum atomic E-state index is 12.4. The van der Waals surface area contributed by atoms with E-state index in [1.807, 2.05) is 0 Å². The number of ether oxygens (including phenoxy) is 2. The number of hydrogen-bond acceptors (Lipinski definition) is 5. The number of amides is 1. The van der Waals surface area contributed by atoms with Gasteiger partial charge in [-0.1, -0.05) is 0 Å². The van der Waals surface area contributed by atoms with Gasteiger partial charge in [0.15, 0.2) is 0 Å². The van der Waals surface area contributed by atoms with Crippen LogP contribution in [0.25, 0.3) is 0 Å². The zero-order valence-electron chi connectivity index (χ0n) is 14.1. The van der Waals surface area contributed by atoms with Gasteiger partial charge in [0.25, 0.3) is 0 Å². The summed E-state index contributed by atoms with van der Waals surface area (Å²) < 4.78 is 38.3. The third kappa shape index (κ3) is 5.01. The van der Waals surface area contributed by atoms with E-state index in [1.54, 1.807) is 12.1 Å². The first-order valence-electron chi connectivity index (χ1n) is 8.66. The number of benzene rings is 1. The van der Waals surface area contributed by atoms with Gasteiger partial charge in [-0.2, -0.15) is 0 Å². The van der Waals surface area contributed by atoms with Crippen LogP contribution in [-0.2, 0) is 30.7 Å². The number of sulfonamides is 1. The van der Waals surface area contributed by atoms with Crippen molar-refractivity contribution in [1.82, 2.24) is 4.72 Å². The van der Waals surface area contributed by atoms with Crippen molar-refractivity contribution in [1.29, 1.82) is 0 Å². The first kappa shape index (κ1) is 18.3. The highest BCUT2D eigenvalue weighted by atomic mass is 32.2. The molecule has 1 atom stereocenters. The van der Waals surface area contributed by atoms with Crippen molar-refractivity contribution in [3.05, 3.63) is 23.8 Å². The molecule has 138 valence electrons. The quantitative estimate of drug-likeness (QED) is 0.677. The minimum Gasteiger partial charge on any atom is -0.379 e. The third-order valence-corrected chi connectivity index (χ3v) is 5.83. The van der Waals surface area contributed by atoms with Crippen molar-refractivity contribution in [2.24, 2.45) is 0 Å². The van der Waals surface area contributed by atoms with Crippen LogP contribution in [0.2, 0.25) is 0 Å². The van der Waals surface area contributed by atoms with Crippen molar-refractivity contribution in [2.45, 2.75) is 43.1 Å². The Morgan fingerprint density at radius 1 is 1.32 bits per heavy atom. The summed E-state index contributed by atoms with van der Waals surface area (Å²) in [7, 11) is -3.55. The molecule has 0 aliphatic carbocycles. The molecule has 0 radical (unpaired) electrons. The van der Waals surface area contributed by atoms with E-state index < -0.39 is 10.0 Å². The van der Waals surface area contributed by atoms with Crippen LogP contribution < -0.4 is 10.0 Å². The fraction of sp³-hybridized carbons (Fsp3) is 0.588. The third-order valence-electron chi connectivity index (χ3n) is 4.37. The molecule has 2 aliphatic rings. The van der Waals surface area contributed by atoms with Crippen LogP contribution in [0.4, 0.5) is 5.69 Å². The molecule has 1 unspecified atom stereocenters. The number of aryl methyl sites for hydroxylation is 1. The maximum absolute atomic E-state index is 12.4. The van der Waals surface area contributed by atoms with Gasteiger partial charge in [0.05, 0.1) is 17.6 Å². The number of fused-ring (bicyclic) bond motifs is 1. The zero-order valence-corrected chi connectivity index (χ0v) is 14.9. The lowest BCUT2D eigenvalue weighted by Crippen LogP contribution is -2.26. The van der Waals surface area contributed by atoms with Gasteiger partial charge in [-0.15, -0.1) is 0 Å². The van der Waals surface area contributed by atoms with Crippen molar-refractivity contribution in [3.63, 3.8) is 0 Å². The molecule has 1 aromatic carbocycles. The first-order chi connectivity index (χ1) is 12.0. The van der Waals surface area contributed by atoms with Gasteiger partial charge >= 0.3 is 0 Å². The summed E-state index contributed by atoms with van der Waals surface area (Å²) in [6.45, 7) is 2.20. The van der Waals surface area contributed by atoms with Crippen LogP contribution in [0.5, 0.6) is 0 Å². The van der Waals surface area contributed by atoms with Crippen LogP contribution in [0, 0.1) is 0 Å². The van der Waals surface area contributed by atoms with Crippen molar-refractivity contribution < 1.29 is 22.7 Å². The Kier molecular flexibility index (Phi) is 6.06. The Morgan fingerprint density at radius 3 is 3.00 bits per heavy atom. The van der Waals surface area contributed by atoms with Crippen LogP contribution in [0.15, 0.2) is 23.1 Å². The lowest BCUT2D eigenvalue weighted by molar-refractivity contribution is -0.116. The molecule has 1 saturated heterocycles. The second-order valence-corrected chi connectivity index (χ2v) is 8.10. The second-order valence-electron chi connectivity index (χ2n) is 6.33. The smallest absolute Gasteiger partial charge is 0.240 e. The lowest BCUT2D eigenvalue weighted by atomic mass is 10.0. The molecule has 1 aromatic rings. The first-order valence-corrected chi connectivity index (χ1v) is 10.1. The molecule has 7 nitrogen and oxygen atoms in total. The highest BCUT2D eigenvalue weighted by Crippen LogP contribution is 2.25. The number of carbonyl (C=O) groups is 1. The molecule has 0 aromatic heterocycles. The van der Waals surface area contributed by atoms with Crippen LogP contribution >= 0.6 is 0 Å². The minimum atomic E-state index is -3.55. The van der Waals surface area contributed by atoms with Gasteiger partial charge in [0.1, 0.15) is 0 Å². The fourth-order valence-corrected chi connectivity index (χ4v) is 4.11. The van der Waals surface area contributed by atoms with Crippen LogP contribution in [0.1, 0.15) is 31.2 Å². The van der Waals surface area contributed by atoms with E-state index in [0.29, 0.717) is 44.7 Å². The summed E-state index contributed by atoms with van der Waals surface area (Å²) in [5, 5.41) is 2.75. The molecule has 0 spiro atoms. The molecular formula is C17H24N2O5S. The Labute approximate surface area is 148 Å². The zero-order chi connectivity index (χ0) is 17.7. The van der Waals surface area contributed by atoms with Crippen LogP contribution in [-0.4, -0.2) is 46.8 Å². The average molecular weight is 368 g/mol. The Hall–Kier alpha value is -1.48. The molecule has 2 N–H and O–H groups in total. The summed E-state index contributed by atoms with van der Waals surface area (Å²) in [6.07, 6.45) is 3.84. The van der Waals surface area contributed by atoms with Crippen molar-refractivity contribution >= 4 is 21.6 Å². The molecule has 8 heteroatoms.